The molecule has 2 aromatic carbocycles. The number of sulfone groups is 1. The van der Waals surface area contributed by atoms with Crippen molar-refractivity contribution in [2.24, 2.45) is 0 Å². The third-order valence-electron chi connectivity index (χ3n) is 8.37. The number of ether oxygens (including phenoxy) is 1. The van der Waals surface area contributed by atoms with Crippen LogP contribution in [-0.2, 0) is 19.4 Å². The number of morpholine rings is 1. The number of nitrogens with one attached hydrogen (secondary N) is 2. The number of hydrogen-bond acceptors (Lipinski definition) is 10. The quantitative estimate of drug-likeness (QED) is 0.259. The molecule has 0 aliphatic carbocycles. The third kappa shape index (κ3) is 6.20. The van der Waals surface area contributed by atoms with Crippen molar-refractivity contribution in [3.8, 4) is 0 Å². The van der Waals surface area contributed by atoms with E-state index in [2.05, 4.69) is 35.3 Å². The molecule has 2 aromatic heterocycles. The molecule has 2 aliphatic rings. The summed E-state index contributed by atoms with van der Waals surface area (Å²) in [6.45, 7) is 11.9. The highest BCUT2D eigenvalue weighted by molar-refractivity contribution is 7.91. The van der Waals surface area contributed by atoms with E-state index in [0.717, 1.165) is 50.5 Å². The van der Waals surface area contributed by atoms with E-state index in [4.69, 9.17) is 4.74 Å². The second-order valence-electron chi connectivity index (χ2n) is 11.5. The van der Waals surface area contributed by atoms with Gasteiger partial charge in [0.2, 0.25) is 20.8 Å². The first kappa shape index (κ1) is 30.2. The Balaban J connectivity index is 1.12. The zero-order valence-electron chi connectivity index (χ0n) is 25.1. The van der Waals surface area contributed by atoms with Gasteiger partial charge < -0.3 is 15.0 Å². The predicted molar refractivity (Wildman–Crippen MR) is 166 cm³/mol. The Hall–Kier alpha value is -3.85. The van der Waals surface area contributed by atoms with Crippen LogP contribution in [-0.4, -0.2) is 116 Å². The average molecular weight is 623 g/mol. The summed E-state index contributed by atoms with van der Waals surface area (Å²) >= 11 is 0. The monoisotopic (exact) mass is 622 g/mol. The van der Waals surface area contributed by atoms with Crippen molar-refractivity contribution in [3.05, 3.63) is 57.9 Å². The molecule has 6 rings (SSSR count). The fraction of sp³-hybridized carbons (Fsp3) is 0.467. The number of carbonyl (C=O) groups excluding carboxylic acids is 1. The number of amides is 1. The lowest BCUT2D eigenvalue weighted by molar-refractivity contribution is -0.122. The molecule has 234 valence electrons. The van der Waals surface area contributed by atoms with Crippen molar-refractivity contribution in [1.29, 1.82) is 0 Å². The summed E-state index contributed by atoms with van der Waals surface area (Å²) in [6, 6.07) is 10.5. The van der Waals surface area contributed by atoms with E-state index >= 15 is 0 Å². The van der Waals surface area contributed by atoms with Crippen molar-refractivity contribution in [2.75, 3.05) is 77.0 Å². The topological polar surface area (TPSA) is 145 Å². The number of rotatable bonds is 9. The molecule has 1 amide bonds. The Kier molecular flexibility index (Phi) is 8.67. The summed E-state index contributed by atoms with van der Waals surface area (Å²) in [4.78, 5) is 36.4. The first-order chi connectivity index (χ1) is 21.2. The molecule has 2 N–H and O–H groups in total. The lowest BCUT2D eigenvalue weighted by atomic mass is 10.2. The fourth-order valence-corrected chi connectivity index (χ4v) is 7.43. The van der Waals surface area contributed by atoms with E-state index in [1.807, 2.05) is 19.1 Å². The van der Waals surface area contributed by atoms with Crippen LogP contribution >= 0.6 is 0 Å². The molecule has 0 spiro atoms. The Labute approximate surface area is 255 Å². The van der Waals surface area contributed by atoms with E-state index in [1.54, 1.807) is 31.2 Å². The van der Waals surface area contributed by atoms with Gasteiger partial charge in [-0.3, -0.25) is 19.4 Å². The highest BCUT2D eigenvalue weighted by Gasteiger charge is 2.28. The predicted octanol–water partition coefficient (Wildman–Crippen LogP) is 0.981. The van der Waals surface area contributed by atoms with Gasteiger partial charge in [0.15, 0.2) is 5.65 Å². The van der Waals surface area contributed by atoms with Crippen LogP contribution in [0.4, 0.5) is 5.69 Å². The Morgan fingerprint density at radius 3 is 2.52 bits per heavy atom. The van der Waals surface area contributed by atoms with Gasteiger partial charge in [-0.25, -0.2) is 18.1 Å². The van der Waals surface area contributed by atoms with Crippen LogP contribution in [0.25, 0.3) is 16.6 Å². The molecule has 44 heavy (non-hydrogen) atoms. The van der Waals surface area contributed by atoms with Gasteiger partial charge in [-0.1, -0.05) is 17.7 Å². The van der Waals surface area contributed by atoms with E-state index < -0.39 is 15.4 Å². The molecule has 0 atom stereocenters. The van der Waals surface area contributed by atoms with Crippen molar-refractivity contribution in [2.45, 2.75) is 30.2 Å². The van der Waals surface area contributed by atoms with Gasteiger partial charge >= 0.3 is 0 Å². The number of nitrogens with zero attached hydrogens (tertiary/aromatic N) is 6. The number of aryl methyl sites for hydroxylation is 2. The Morgan fingerprint density at radius 1 is 1.00 bits per heavy atom. The van der Waals surface area contributed by atoms with Crippen molar-refractivity contribution in [3.63, 3.8) is 0 Å². The number of fused-ring (bicyclic) bond motifs is 3. The highest BCUT2D eigenvalue weighted by atomic mass is 32.2. The smallest absolute Gasteiger partial charge is 0.281 e. The fourth-order valence-electron chi connectivity index (χ4n) is 5.96. The van der Waals surface area contributed by atoms with E-state index in [1.165, 1.54) is 4.52 Å². The van der Waals surface area contributed by atoms with Gasteiger partial charge in [0.05, 0.1) is 35.6 Å². The summed E-state index contributed by atoms with van der Waals surface area (Å²) in [5, 5.41) is 9.99. The minimum absolute atomic E-state index is 0.0335. The zero-order valence-corrected chi connectivity index (χ0v) is 25.9. The minimum atomic E-state index is -4.03. The summed E-state index contributed by atoms with van der Waals surface area (Å²) < 4.78 is 34.0. The molecule has 14 heteroatoms. The van der Waals surface area contributed by atoms with Crippen molar-refractivity contribution < 1.29 is 17.9 Å². The summed E-state index contributed by atoms with van der Waals surface area (Å²) in [5.74, 6) is 0.0335. The lowest BCUT2D eigenvalue weighted by Gasteiger charge is -2.35. The van der Waals surface area contributed by atoms with E-state index in [-0.39, 0.29) is 21.5 Å². The van der Waals surface area contributed by atoms with Gasteiger partial charge in [-0.15, -0.1) is 5.10 Å². The molecule has 2 aliphatic heterocycles. The third-order valence-corrected chi connectivity index (χ3v) is 10.2. The zero-order chi connectivity index (χ0) is 30.8. The average Bonchev–Trinajstić information content (AvgIpc) is 3.45. The van der Waals surface area contributed by atoms with E-state index in [0.29, 0.717) is 55.7 Å². The second kappa shape index (κ2) is 12.6. The van der Waals surface area contributed by atoms with Crippen LogP contribution in [0, 0.1) is 13.8 Å². The lowest BCUT2D eigenvalue weighted by Crippen LogP contribution is -2.49. The van der Waals surface area contributed by atoms with Crippen LogP contribution in [0.3, 0.4) is 0 Å². The number of anilines is 1. The molecule has 0 bridgehead atoms. The molecule has 0 unspecified atom stereocenters. The number of benzene rings is 2. The van der Waals surface area contributed by atoms with Crippen LogP contribution in [0.15, 0.2) is 51.1 Å². The van der Waals surface area contributed by atoms with Gasteiger partial charge in [-0.05, 0) is 56.6 Å². The first-order valence-corrected chi connectivity index (χ1v) is 16.5. The van der Waals surface area contributed by atoms with Crippen LogP contribution in [0.1, 0.15) is 17.5 Å². The van der Waals surface area contributed by atoms with Crippen LogP contribution < -0.4 is 15.8 Å². The number of hydrogen-bond donors (Lipinski definition) is 2. The van der Waals surface area contributed by atoms with Gasteiger partial charge in [0.1, 0.15) is 0 Å². The Bertz CT molecular complexity index is 1840. The molecule has 2 saturated heterocycles. The highest BCUT2D eigenvalue weighted by Crippen LogP contribution is 2.27. The molecule has 0 saturated carbocycles. The molecule has 2 fully saturated rings. The van der Waals surface area contributed by atoms with Crippen molar-refractivity contribution >= 4 is 38.0 Å². The molecular weight excluding hydrogens is 584 g/mol. The molecule has 4 aromatic rings. The number of H-pyrrole nitrogens is 1. The molecule has 13 nitrogen and oxygen atoms in total. The maximum atomic E-state index is 13.6. The summed E-state index contributed by atoms with van der Waals surface area (Å²) in [5.41, 5.74) is 2.35. The maximum absolute atomic E-state index is 13.6. The maximum Gasteiger partial charge on any atom is 0.281 e. The number of carbonyl (C=O) groups is 1. The normalized spacial score (nSPS) is 17.0. The SMILES string of the molecule is Cc1ccc(S(=O)(=O)c2n[nH]n3c2nc(=O)c2ccc(N4CCN(CC(=O)NCCCN5CCOCC5)CC4)cc23)c(C)c1. The van der Waals surface area contributed by atoms with E-state index in [9.17, 15) is 18.0 Å². The summed E-state index contributed by atoms with van der Waals surface area (Å²) in [6.07, 6.45) is 0.919. The molecule has 4 heterocycles. The number of aromatic amines is 1. The molecular formula is C30H38N8O5S. The second-order valence-corrected chi connectivity index (χ2v) is 13.3. The largest absolute Gasteiger partial charge is 0.379 e. The number of piperazine rings is 1. The standard InChI is InChI=1S/C30H38N8O5S/c1-21-4-7-26(22(2)18-21)44(41,42)30-28-32-29(40)24-6-5-23(19-25(24)38(28)34-33-30)37-12-10-36(11-13-37)20-27(39)31-8-3-9-35-14-16-43-17-15-35/h4-7,18-19,34H,3,8-17,20H2,1-2H3,(H,31,39). The Morgan fingerprint density at radius 2 is 1.77 bits per heavy atom. The minimum Gasteiger partial charge on any atom is -0.379 e. The van der Waals surface area contributed by atoms with Crippen LogP contribution in [0.5, 0.6) is 0 Å². The van der Waals surface area contributed by atoms with Gasteiger partial charge in [-0.2, -0.15) is 4.98 Å². The van der Waals surface area contributed by atoms with Crippen LogP contribution in [0.2, 0.25) is 0 Å². The molecule has 0 radical (unpaired) electrons. The van der Waals surface area contributed by atoms with Gasteiger partial charge in [0, 0.05) is 51.5 Å². The van der Waals surface area contributed by atoms with Crippen molar-refractivity contribution in [1.82, 2.24) is 34.9 Å². The summed E-state index contributed by atoms with van der Waals surface area (Å²) in [7, 11) is -4.03. The first-order valence-electron chi connectivity index (χ1n) is 15.0. The number of aromatic nitrogens is 4. The van der Waals surface area contributed by atoms with Gasteiger partial charge in [0.25, 0.3) is 5.56 Å².